The van der Waals surface area contributed by atoms with Gasteiger partial charge in [-0.3, -0.25) is 10.6 Å². The minimum atomic E-state index is -0.637. The van der Waals surface area contributed by atoms with Crippen LogP contribution in [-0.2, 0) is 4.74 Å². The average Bonchev–Trinajstić information content (AvgIpc) is 2.93. The summed E-state index contributed by atoms with van der Waals surface area (Å²) in [7, 11) is 1.69. The van der Waals surface area contributed by atoms with Gasteiger partial charge in [0.05, 0.1) is 36.7 Å². The fraction of sp³-hybridized carbons (Fsp3) is 0.250. The molecule has 37 heavy (non-hydrogen) atoms. The van der Waals surface area contributed by atoms with Crippen LogP contribution in [0.15, 0.2) is 36.7 Å². The highest BCUT2D eigenvalue weighted by Gasteiger charge is 2.25. The summed E-state index contributed by atoms with van der Waals surface area (Å²) < 4.78 is 11.2. The molecule has 0 spiro atoms. The van der Waals surface area contributed by atoms with Gasteiger partial charge < -0.3 is 30.4 Å². The van der Waals surface area contributed by atoms with E-state index >= 15 is 0 Å². The van der Waals surface area contributed by atoms with Crippen molar-refractivity contribution < 1.29 is 14.3 Å². The zero-order chi connectivity index (χ0) is 26.4. The molecule has 0 radical (unpaired) electrons. The lowest BCUT2D eigenvalue weighted by atomic mass is 10.2. The van der Waals surface area contributed by atoms with Crippen LogP contribution in [0.4, 0.5) is 23.0 Å². The number of hydrogen-bond acceptors (Lipinski definition) is 12. The van der Waals surface area contributed by atoms with Crippen molar-refractivity contribution in [2.45, 2.75) is 13.0 Å². The molecule has 0 aromatic carbocycles. The van der Waals surface area contributed by atoms with Crippen LogP contribution in [-0.4, -0.2) is 58.6 Å². The maximum atomic E-state index is 12.8. The molecule has 0 aliphatic carbocycles. The molecule has 1 aliphatic rings. The number of carbonyl (C=O) groups excluding carboxylic acids is 1. The van der Waals surface area contributed by atoms with Crippen LogP contribution >= 0.6 is 0 Å². The highest BCUT2D eigenvalue weighted by molar-refractivity contribution is 5.94. The van der Waals surface area contributed by atoms with Gasteiger partial charge in [-0.25, -0.2) is 9.97 Å². The summed E-state index contributed by atoms with van der Waals surface area (Å²) in [5.41, 5.74) is 4.98. The molecule has 1 unspecified atom stereocenters. The number of carbonyl (C=O) groups is 1. The lowest BCUT2D eigenvalue weighted by Gasteiger charge is -2.29. The summed E-state index contributed by atoms with van der Waals surface area (Å²) in [5, 5.41) is 24.2. The van der Waals surface area contributed by atoms with Gasteiger partial charge in [0, 0.05) is 25.9 Å². The Bertz CT molecular complexity index is 1380. The highest BCUT2D eigenvalue weighted by atomic mass is 16.5. The first-order chi connectivity index (χ1) is 17.9. The Labute approximate surface area is 212 Å². The van der Waals surface area contributed by atoms with Crippen LogP contribution in [0.3, 0.4) is 0 Å². The first-order valence-corrected chi connectivity index (χ1v) is 11.2. The molecule has 13 heteroatoms. The fourth-order valence-electron chi connectivity index (χ4n) is 3.65. The number of hydrogen-bond donors (Lipinski definition) is 4. The number of nitrogens with zero attached hydrogens (tertiary/aromatic N) is 6. The maximum Gasteiger partial charge on any atom is 0.255 e. The summed E-state index contributed by atoms with van der Waals surface area (Å²) in [4.78, 5) is 27.2. The number of amides is 1. The van der Waals surface area contributed by atoms with Gasteiger partial charge in [0.15, 0.2) is 17.7 Å². The summed E-state index contributed by atoms with van der Waals surface area (Å²) in [6.07, 6.45) is 2.28. The molecular formula is C24H24N10O3. The third kappa shape index (κ3) is 5.65. The Morgan fingerprint density at radius 1 is 1.27 bits per heavy atom. The number of nitriles is 2. The van der Waals surface area contributed by atoms with Gasteiger partial charge in [-0.2, -0.15) is 15.5 Å². The lowest BCUT2D eigenvalue weighted by Crippen LogP contribution is -2.45. The summed E-state index contributed by atoms with van der Waals surface area (Å²) in [5.74, 6) is 7.06. The molecule has 4 rings (SSSR count). The van der Waals surface area contributed by atoms with Crippen LogP contribution in [0.25, 0.3) is 0 Å². The van der Waals surface area contributed by atoms with E-state index in [2.05, 4.69) is 31.0 Å². The molecule has 0 bridgehead atoms. The van der Waals surface area contributed by atoms with E-state index in [1.807, 2.05) is 12.1 Å². The molecule has 3 aromatic rings. The van der Waals surface area contributed by atoms with E-state index in [-0.39, 0.29) is 24.0 Å². The number of morpholine rings is 1. The Hall–Kier alpha value is -4.98. The number of ether oxygens (including phenoxy) is 2. The van der Waals surface area contributed by atoms with Crippen LogP contribution < -0.4 is 26.6 Å². The first-order valence-electron chi connectivity index (χ1n) is 11.2. The Morgan fingerprint density at radius 3 is 2.76 bits per heavy atom. The number of aryl methyl sites for hydroxylation is 1. The van der Waals surface area contributed by atoms with E-state index < -0.39 is 6.10 Å². The number of nitrogens with one attached hydrogen (secondary N) is 3. The molecule has 1 fully saturated rings. The summed E-state index contributed by atoms with van der Waals surface area (Å²) >= 11 is 0. The van der Waals surface area contributed by atoms with Gasteiger partial charge in [-0.1, -0.05) is 0 Å². The smallest absolute Gasteiger partial charge is 0.255 e. The Morgan fingerprint density at radius 2 is 2.11 bits per heavy atom. The average molecular weight is 501 g/mol. The standard InChI is InChI=1S/C24H24N10O3/c1-14-7-16(9-25)29-12-19(14)37-21-8-18(22(33-27)23(28-2)32-21)31-20-4-3-15(11-30-20)24(35)34-5-6-36-17(10-26)13-34/h3-4,7-8,11-12,17,33H,5-6,13,27H2,1-2H3,(H2,28,30,31,32). The lowest BCUT2D eigenvalue weighted by molar-refractivity contribution is 0.00345. The van der Waals surface area contributed by atoms with Crippen molar-refractivity contribution in [3.8, 4) is 23.8 Å². The molecule has 4 heterocycles. The second-order valence-electron chi connectivity index (χ2n) is 7.97. The number of rotatable bonds is 7. The number of pyridine rings is 3. The van der Waals surface area contributed by atoms with Gasteiger partial charge in [0.25, 0.3) is 5.91 Å². The van der Waals surface area contributed by atoms with Crippen molar-refractivity contribution >= 4 is 28.9 Å². The summed E-state index contributed by atoms with van der Waals surface area (Å²) in [6, 6.07) is 10.6. The third-order valence-corrected chi connectivity index (χ3v) is 5.54. The topological polar surface area (TPSA) is 187 Å². The zero-order valence-electron chi connectivity index (χ0n) is 20.1. The molecule has 188 valence electrons. The molecule has 0 saturated carbocycles. The largest absolute Gasteiger partial charge is 0.437 e. The van der Waals surface area contributed by atoms with E-state index in [1.165, 1.54) is 12.4 Å². The molecule has 5 N–H and O–H groups in total. The number of nitrogen functional groups attached to an aromatic ring is 1. The third-order valence-electron chi connectivity index (χ3n) is 5.54. The normalized spacial score (nSPS) is 14.7. The maximum absolute atomic E-state index is 12.8. The highest BCUT2D eigenvalue weighted by Crippen LogP contribution is 2.35. The van der Waals surface area contributed by atoms with Crippen LogP contribution in [0, 0.1) is 29.6 Å². The molecule has 3 aromatic heterocycles. The van der Waals surface area contributed by atoms with Crippen molar-refractivity contribution in [3.05, 3.63) is 53.5 Å². The van der Waals surface area contributed by atoms with Crippen molar-refractivity contribution in [3.63, 3.8) is 0 Å². The minimum absolute atomic E-state index is 0.210. The molecule has 1 amide bonds. The van der Waals surface area contributed by atoms with Gasteiger partial charge in [0.1, 0.15) is 23.3 Å². The van der Waals surface area contributed by atoms with E-state index in [0.29, 0.717) is 47.5 Å². The van der Waals surface area contributed by atoms with Crippen LogP contribution in [0.5, 0.6) is 11.6 Å². The molecule has 1 aliphatic heterocycles. The molecule has 1 atom stereocenters. The fourth-order valence-corrected chi connectivity index (χ4v) is 3.65. The van der Waals surface area contributed by atoms with Crippen LogP contribution in [0.2, 0.25) is 0 Å². The number of aromatic nitrogens is 3. The van der Waals surface area contributed by atoms with E-state index in [1.54, 1.807) is 43.1 Å². The Kier molecular flexibility index (Phi) is 7.59. The van der Waals surface area contributed by atoms with Gasteiger partial charge in [-0.15, -0.1) is 0 Å². The predicted octanol–water partition coefficient (Wildman–Crippen LogP) is 2.28. The predicted molar refractivity (Wildman–Crippen MR) is 134 cm³/mol. The van der Waals surface area contributed by atoms with E-state index in [9.17, 15) is 4.79 Å². The van der Waals surface area contributed by atoms with Crippen molar-refractivity contribution in [2.24, 2.45) is 5.84 Å². The van der Waals surface area contributed by atoms with Crippen LogP contribution in [0.1, 0.15) is 21.6 Å². The van der Waals surface area contributed by atoms with E-state index in [0.717, 1.165) is 5.56 Å². The SMILES string of the molecule is CNc1nc(Oc2cnc(C#N)cc2C)cc(Nc2ccc(C(=O)N3CCOC(C#N)C3)cn2)c1NN. The number of anilines is 4. The molecule has 1 saturated heterocycles. The Balaban J connectivity index is 1.56. The van der Waals surface area contributed by atoms with E-state index in [4.69, 9.17) is 25.8 Å². The van der Waals surface area contributed by atoms with Gasteiger partial charge >= 0.3 is 0 Å². The first kappa shape index (κ1) is 25.1. The van der Waals surface area contributed by atoms with Gasteiger partial charge in [-0.05, 0) is 30.7 Å². The molecule has 13 nitrogen and oxygen atoms in total. The van der Waals surface area contributed by atoms with Crippen molar-refractivity contribution in [1.82, 2.24) is 19.9 Å². The van der Waals surface area contributed by atoms with Gasteiger partial charge in [0.2, 0.25) is 5.88 Å². The zero-order valence-corrected chi connectivity index (χ0v) is 20.1. The molecular weight excluding hydrogens is 476 g/mol. The number of nitrogens with two attached hydrogens (primary N) is 1. The second-order valence-corrected chi connectivity index (χ2v) is 7.97. The quantitative estimate of drug-likeness (QED) is 0.274. The van der Waals surface area contributed by atoms with Crippen molar-refractivity contribution in [1.29, 1.82) is 10.5 Å². The number of hydrazine groups is 1. The monoisotopic (exact) mass is 500 g/mol. The summed E-state index contributed by atoms with van der Waals surface area (Å²) in [6.45, 7) is 2.73. The second kappa shape index (κ2) is 11.2. The van der Waals surface area contributed by atoms with Crippen molar-refractivity contribution in [2.75, 3.05) is 42.8 Å². The minimum Gasteiger partial charge on any atom is -0.437 e.